The van der Waals surface area contributed by atoms with Crippen LogP contribution in [0.15, 0.2) is 24.3 Å². The van der Waals surface area contributed by atoms with Gasteiger partial charge in [-0.05, 0) is 31.1 Å². The molecule has 0 spiro atoms. The highest BCUT2D eigenvalue weighted by Gasteiger charge is 2.24. The van der Waals surface area contributed by atoms with Crippen molar-refractivity contribution in [3.05, 3.63) is 35.4 Å². The number of benzene rings is 1. The van der Waals surface area contributed by atoms with Crippen molar-refractivity contribution < 1.29 is 4.74 Å². The largest absolute Gasteiger partial charge is 0.378 e. The van der Waals surface area contributed by atoms with Gasteiger partial charge in [0.1, 0.15) is 0 Å². The minimum atomic E-state index is 0.232. The molecule has 0 amide bonds. The number of rotatable bonds is 2. The lowest BCUT2D eigenvalue weighted by atomic mass is 9.86. The Morgan fingerprint density at radius 2 is 2.00 bits per heavy atom. The lowest BCUT2D eigenvalue weighted by Crippen LogP contribution is -2.44. The molecule has 3 rings (SSSR count). The van der Waals surface area contributed by atoms with Gasteiger partial charge in [0.05, 0.1) is 19.3 Å². The third kappa shape index (κ3) is 2.88. The Labute approximate surface area is 121 Å². The normalized spacial score (nSPS) is 32.2. The first-order valence-corrected chi connectivity index (χ1v) is 7.60. The maximum atomic E-state index is 6.22. The predicted molar refractivity (Wildman–Crippen MR) is 80.8 cm³/mol. The molecule has 0 saturated carbocycles. The van der Waals surface area contributed by atoms with Gasteiger partial charge in [-0.3, -0.25) is 4.90 Å². The van der Waals surface area contributed by atoms with Crippen LogP contribution in [0.3, 0.4) is 0 Å². The molecule has 2 unspecified atom stereocenters. The summed E-state index contributed by atoms with van der Waals surface area (Å²) in [6.07, 6.45) is 1.13. The minimum absolute atomic E-state index is 0.232. The van der Waals surface area contributed by atoms with Gasteiger partial charge in [-0.15, -0.1) is 0 Å². The van der Waals surface area contributed by atoms with E-state index >= 15 is 0 Å². The molecule has 2 fully saturated rings. The molecule has 4 nitrogen and oxygen atoms in total. The predicted octanol–water partition coefficient (Wildman–Crippen LogP) is 1.09. The van der Waals surface area contributed by atoms with E-state index in [0.717, 1.165) is 39.3 Å². The lowest BCUT2D eigenvalue weighted by Gasteiger charge is -2.33. The van der Waals surface area contributed by atoms with Crippen molar-refractivity contribution in [3.8, 4) is 0 Å². The fourth-order valence-corrected chi connectivity index (χ4v) is 3.30. The molecule has 0 aliphatic carbocycles. The SMILES string of the molecule is CN1CCOC[C@@H]1c1ccc(C2CCNCC2N)cc1. The molecule has 2 aliphatic heterocycles. The van der Waals surface area contributed by atoms with Gasteiger partial charge in [0.2, 0.25) is 0 Å². The van der Waals surface area contributed by atoms with Gasteiger partial charge in [0.15, 0.2) is 0 Å². The van der Waals surface area contributed by atoms with Gasteiger partial charge in [-0.2, -0.15) is 0 Å². The second-order valence-corrected chi connectivity index (χ2v) is 6.00. The Morgan fingerprint density at radius 3 is 2.70 bits per heavy atom. The van der Waals surface area contributed by atoms with Gasteiger partial charge < -0.3 is 15.8 Å². The zero-order valence-corrected chi connectivity index (χ0v) is 12.2. The van der Waals surface area contributed by atoms with Crippen molar-refractivity contribution in [2.75, 3.05) is 39.9 Å². The standard InChI is InChI=1S/C16H25N3O/c1-19-8-9-20-11-16(19)13-4-2-12(3-5-13)14-6-7-18-10-15(14)17/h2-5,14-16,18H,6-11,17H2,1H3/t14?,15?,16-/m1/s1. The highest BCUT2D eigenvalue weighted by molar-refractivity contribution is 5.29. The number of hydrogen-bond acceptors (Lipinski definition) is 4. The van der Waals surface area contributed by atoms with Gasteiger partial charge in [-0.1, -0.05) is 24.3 Å². The number of nitrogens with two attached hydrogens (primary N) is 1. The van der Waals surface area contributed by atoms with Crippen molar-refractivity contribution in [1.82, 2.24) is 10.2 Å². The number of piperidine rings is 1. The summed E-state index contributed by atoms with van der Waals surface area (Å²) >= 11 is 0. The van der Waals surface area contributed by atoms with Crippen LogP contribution >= 0.6 is 0 Å². The molecule has 2 saturated heterocycles. The van der Waals surface area contributed by atoms with E-state index in [1.807, 2.05) is 0 Å². The average Bonchev–Trinajstić information content (AvgIpc) is 2.49. The highest BCUT2D eigenvalue weighted by atomic mass is 16.5. The molecule has 1 aromatic rings. The molecule has 110 valence electrons. The van der Waals surface area contributed by atoms with E-state index in [-0.39, 0.29) is 6.04 Å². The molecule has 1 aromatic carbocycles. The van der Waals surface area contributed by atoms with Crippen LogP contribution < -0.4 is 11.1 Å². The molecule has 4 heteroatoms. The first-order valence-electron chi connectivity index (χ1n) is 7.60. The maximum absolute atomic E-state index is 6.22. The zero-order chi connectivity index (χ0) is 13.9. The summed E-state index contributed by atoms with van der Waals surface area (Å²) in [4.78, 5) is 2.37. The molecule has 3 atom stereocenters. The van der Waals surface area contributed by atoms with Gasteiger partial charge >= 0.3 is 0 Å². The molecule has 20 heavy (non-hydrogen) atoms. The first kappa shape index (κ1) is 14.0. The summed E-state index contributed by atoms with van der Waals surface area (Å²) in [5, 5.41) is 3.35. The van der Waals surface area contributed by atoms with Crippen LogP contribution in [-0.4, -0.2) is 50.8 Å². The zero-order valence-electron chi connectivity index (χ0n) is 12.2. The summed E-state index contributed by atoms with van der Waals surface area (Å²) in [6, 6.07) is 9.64. The second kappa shape index (κ2) is 6.22. The third-order valence-electron chi connectivity index (χ3n) is 4.67. The maximum Gasteiger partial charge on any atom is 0.0664 e. The van der Waals surface area contributed by atoms with Crippen molar-refractivity contribution in [1.29, 1.82) is 0 Å². The topological polar surface area (TPSA) is 50.5 Å². The summed E-state index contributed by atoms with van der Waals surface area (Å²) in [6.45, 7) is 4.63. The minimum Gasteiger partial charge on any atom is -0.378 e. The number of nitrogens with zero attached hydrogens (tertiary/aromatic N) is 1. The monoisotopic (exact) mass is 275 g/mol. The lowest BCUT2D eigenvalue weighted by molar-refractivity contribution is 0.00505. The van der Waals surface area contributed by atoms with Crippen LogP contribution in [-0.2, 0) is 4.74 Å². The van der Waals surface area contributed by atoms with Gasteiger partial charge in [0, 0.05) is 25.0 Å². The molecule has 0 bridgehead atoms. The summed E-state index contributed by atoms with van der Waals surface area (Å²) in [7, 11) is 2.17. The quantitative estimate of drug-likeness (QED) is 0.848. The number of hydrogen-bond donors (Lipinski definition) is 2. The summed E-state index contributed by atoms with van der Waals surface area (Å²) in [5.41, 5.74) is 8.95. The fraction of sp³-hybridized carbons (Fsp3) is 0.625. The first-order chi connectivity index (χ1) is 9.75. The summed E-state index contributed by atoms with van der Waals surface area (Å²) < 4.78 is 5.60. The van der Waals surface area contributed by atoms with E-state index in [0.29, 0.717) is 12.0 Å². The Balaban J connectivity index is 1.73. The molecular weight excluding hydrogens is 250 g/mol. The second-order valence-electron chi connectivity index (χ2n) is 6.00. The third-order valence-corrected chi connectivity index (χ3v) is 4.67. The van der Waals surface area contributed by atoms with E-state index in [2.05, 4.69) is 41.5 Å². The average molecular weight is 275 g/mol. The Kier molecular flexibility index (Phi) is 4.36. The fourth-order valence-electron chi connectivity index (χ4n) is 3.30. The van der Waals surface area contributed by atoms with Crippen molar-refractivity contribution in [2.24, 2.45) is 5.73 Å². The van der Waals surface area contributed by atoms with Crippen LogP contribution in [0.4, 0.5) is 0 Å². The molecule has 3 N–H and O–H groups in total. The van der Waals surface area contributed by atoms with E-state index in [1.165, 1.54) is 11.1 Å². The number of morpholine rings is 1. The van der Waals surface area contributed by atoms with Crippen LogP contribution in [0.25, 0.3) is 0 Å². The van der Waals surface area contributed by atoms with Crippen LogP contribution in [0, 0.1) is 0 Å². The molecule has 0 aromatic heterocycles. The van der Waals surface area contributed by atoms with Crippen molar-refractivity contribution in [3.63, 3.8) is 0 Å². The van der Waals surface area contributed by atoms with E-state index in [1.54, 1.807) is 0 Å². The number of nitrogens with one attached hydrogen (secondary N) is 1. The Hall–Kier alpha value is -0.940. The Bertz CT molecular complexity index is 393. The molecule has 2 heterocycles. The van der Waals surface area contributed by atoms with Crippen LogP contribution in [0.1, 0.15) is 29.5 Å². The smallest absolute Gasteiger partial charge is 0.0664 e. The van der Waals surface area contributed by atoms with E-state index in [4.69, 9.17) is 10.5 Å². The van der Waals surface area contributed by atoms with Gasteiger partial charge in [-0.25, -0.2) is 0 Å². The number of ether oxygens (including phenoxy) is 1. The van der Waals surface area contributed by atoms with E-state index in [9.17, 15) is 0 Å². The molecule has 2 aliphatic rings. The van der Waals surface area contributed by atoms with Crippen molar-refractivity contribution in [2.45, 2.75) is 24.4 Å². The Morgan fingerprint density at radius 1 is 1.25 bits per heavy atom. The molecule has 0 radical (unpaired) electrons. The number of likely N-dealkylation sites (N-methyl/N-ethyl adjacent to an activating group) is 1. The van der Waals surface area contributed by atoms with Crippen LogP contribution in [0.5, 0.6) is 0 Å². The summed E-state index contributed by atoms with van der Waals surface area (Å²) in [5.74, 6) is 0.491. The van der Waals surface area contributed by atoms with Gasteiger partial charge in [0.25, 0.3) is 0 Å². The van der Waals surface area contributed by atoms with Crippen LogP contribution in [0.2, 0.25) is 0 Å². The highest BCUT2D eigenvalue weighted by Crippen LogP contribution is 2.28. The van der Waals surface area contributed by atoms with E-state index < -0.39 is 0 Å². The molecular formula is C16H25N3O. The van der Waals surface area contributed by atoms with Crippen molar-refractivity contribution >= 4 is 0 Å².